The van der Waals surface area contributed by atoms with Gasteiger partial charge in [0.05, 0.1) is 13.2 Å². The van der Waals surface area contributed by atoms with E-state index in [2.05, 4.69) is 28.9 Å². The summed E-state index contributed by atoms with van der Waals surface area (Å²) < 4.78 is 26.5. The Bertz CT molecular complexity index is 854. The van der Waals surface area contributed by atoms with Crippen molar-refractivity contribution in [2.75, 3.05) is 19.8 Å². The third-order valence-electron chi connectivity index (χ3n) is 7.55. The lowest BCUT2D eigenvalue weighted by molar-refractivity contribution is -0.147. The van der Waals surface area contributed by atoms with Crippen molar-refractivity contribution in [3.8, 4) is 0 Å². The molecule has 1 amide bonds. The standard InChI is InChI=1S/C34H64NO10P/c1-3-5-7-9-10-11-12-13-14-15-16-17-18-19-20-21-22-24-26-33(38)43-27-30(36)28-44-46(41,42)45-29-31(34(39)40)35-32(37)25-23-8-6-4-2/h14-15,30-31,36H,3-13,16-29H2,1-2H3,(H,35,37)(H,39,40)(H,41,42)/b15-14-. The number of carbonyl (C=O) groups is 3. The Morgan fingerprint density at radius 2 is 1.13 bits per heavy atom. The zero-order chi connectivity index (χ0) is 34.3. The first-order valence-corrected chi connectivity index (χ1v) is 19.2. The SMILES string of the molecule is CCCCCCCCC/C=C\CCCCCCCCCC(=O)OCC(O)COP(=O)(O)OCC(NC(=O)CCCCCC)C(=O)O. The Morgan fingerprint density at radius 1 is 0.674 bits per heavy atom. The number of phosphoric ester groups is 1. The fourth-order valence-electron chi connectivity index (χ4n) is 4.72. The van der Waals surface area contributed by atoms with Crippen LogP contribution in [0.15, 0.2) is 12.2 Å². The predicted molar refractivity (Wildman–Crippen MR) is 180 cm³/mol. The third-order valence-corrected chi connectivity index (χ3v) is 8.51. The second-order valence-electron chi connectivity index (χ2n) is 12.1. The van der Waals surface area contributed by atoms with Crippen LogP contribution in [0.2, 0.25) is 0 Å². The maximum Gasteiger partial charge on any atom is 0.472 e. The molecule has 0 aliphatic rings. The van der Waals surface area contributed by atoms with E-state index in [4.69, 9.17) is 9.26 Å². The Labute approximate surface area is 277 Å². The molecule has 0 bridgehead atoms. The van der Waals surface area contributed by atoms with Crippen LogP contribution in [0, 0.1) is 0 Å². The van der Waals surface area contributed by atoms with E-state index in [1.54, 1.807) is 0 Å². The molecule has 270 valence electrons. The van der Waals surface area contributed by atoms with Crippen LogP contribution in [0.4, 0.5) is 0 Å². The van der Waals surface area contributed by atoms with Gasteiger partial charge < -0.3 is 25.2 Å². The highest BCUT2D eigenvalue weighted by molar-refractivity contribution is 7.47. The van der Waals surface area contributed by atoms with Gasteiger partial charge in [-0.15, -0.1) is 0 Å². The molecule has 3 unspecified atom stereocenters. The van der Waals surface area contributed by atoms with Crippen LogP contribution in [0.25, 0.3) is 0 Å². The molecule has 46 heavy (non-hydrogen) atoms. The first kappa shape index (κ1) is 44.2. The number of carboxylic acid groups (broad SMARTS) is 1. The van der Waals surface area contributed by atoms with E-state index in [1.807, 2.05) is 6.92 Å². The number of carboxylic acids is 1. The number of unbranched alkanes of at least 4 members (excludes halogenated alkanes) is 17. The summed E-state index contributed by atoms with van der Waals surface area (Å²) in [5.41, 5.74) is 0. The van der Waals surface area contributed by atoms with Gasteiger partial charge in [-0.25, -0.2) is 9.36 Å². The van der Waals surface area contributed by atoms with Crippen LogP contribution in [0.3, 0.4) is 0 Å². The highest BCUT2D eigenvalue weighted by Gasteiger charge is 2.28. The highest BCUT2D eigenvalue weighted by atomic mass is 31.2. The van der Waals surface area contributed by atoms with Crippen molar-refractivity contribution in [3.63, 3.8) is 0 Å². The summed E-state index contributed by atoms with van der Waals surface area (Å²) in [5, 5.41) is 21.5. The Hall–Kier alpha value is -1.78. The molecule has 3 atom stereocenters. The van der Waals surface area contributed by atoms with Gasteiger partial charge >= 0.3 is 19.8 Å². The van der Waals surface area contributed by atoms with Crippen molar-refractivity contribution in [1.29, 1.82) is 0 Å². The molecule has 0 aromatic rings. The van der Waals surface area contributed by atoms with Crippen molar-refractivity contribution < 1.29 is 47.8 Å². The smallest absolute Gasteiger partial charge is 0.472 e. The number of esters is 1. The lowest BCUT2D eigenvalue weighted by Gasteiger charge is -2.18. The minimum Gasteiger partial charge on any atom is -0.480 e. The highest BCUT2D eigenvalue weighted by Crippen LogP contribution is 2.43. The molecule has 11 nitrogen and oxygen atoms in total. The first-order valence-electron chi connectivity index (χ1n) is 17.7. The summed E-state index contributed by atoms with van der Waals surface area (Å²) in [4.78, 5) is 45.1. The van der Waals surface area contributed by atoms with E-state index in [0.717, 1.165) is 44.9 Å². The summed E-state index contributed by atoms with van der Waals surface area (Å²) in [6.45, 7) is 2.39. The van der Waals surface area contributed by atoms with E-state index in [0.29, 0.717) is 12.8 Å². The number of aliphatic carboxylic acids is 1. The largest absolute Gasteiger partial charge is 0.480 e. The van der Waals surface area contributed by atoms with Gasteiger partial charge in [0, 0.05) is 12.8 Å². The molecule has 0 aromatic carbocycles. The second-order valence-corrected chi connectivity index (χ2v) is 13.5. The van der Waals surface area contributed by atoms with Crippen LogP contribution >= 0.6 is 7.82 Å². The van der Waals surface area contributed by atoms with Gasteiger partial charge in [0.25, 0.3) is 0 Å². The van der Waals surface area contributed by atoms with Gasteiger partial charge in [-0.05, 0) is 38.5 Å². The van der Waals surface area contributed by atoms with E-state index < -0.39 is 57.6 Å². The molecule has 0 heterocycles. The maximum absolute atomic E-state index is 12.1. The second kappa shape index (κ2) is 30.5. The molecular formula is C34H64NO10P. The fourth-order valence-corrected chi connectivity index (χ4v) is 5.49. The number of allylic oxidation sites excluding steroid dienone is 2. The summed E-state index contributed by atoms with van der Waals surface area (Å²) >= 11 is 0. The molecule has 4 N–H and O–H groups in total. The first-order chi connectivity index (χ1) is 22.1. The van der Waals surface area contributed by atoms with Gasteiger partial charge in [0.2, 0.25) is 5.91 Å². The van der Waals surface area contributed by atoms with Gasteiger partial charge in [0.15, 0.2) is 6.04 Å². The number of hydrogen-bond acceptors (Lipinski definition) is 8. The molecule has 0 saturated carbocycles. The molecule has 0 radical (unpaired) electrons. The molecular weight excluding hydrogens is 613 g/mol. The van der Waals surface area contributed by atoms with Gasteiger partial charge in [-0.2, -0.15) is 0 Å². The van der Waals surface area contributed by atoms with Gasteiger partial charge in [-0.1, -0.05) is 116 Å². The lowest BCUT2D eigenvalue weighted by atomic mass is 10.1. The molecule has 0 saturated heterocycles. The number of hydrogen-bond donors (Lipinski definition) is 4. The number of rotatable bonds is 33. The zero-order valence-electron chi connectivity index (χ0n) is 28.6. The molecule has 0 spiro atoms. The van der Waals surface area contributed by atoms with Gasteiger partial charge in [0.1, 0.15) is 12.7 Å². The average Bonchev–Trinajstić information content (AvgIpc) is 3.02. The van der Waals surface area contributed by atoms with Crippen LogP contribution in [0.1, 0.15) is 155 Å². The number of phosphoric acid groups is 1. The Morgan fingerprint density at radius 3 is 1.67 bits per heavy atom. The number of amides is 1. The van der Waals surface area contributed by atoms with Crippen molar-refractivity contribution >= 4 is 25.7 Å². The minimum atomic E-state index is -4.73. The Balaban J connectivity index is 3.83. The van der Waals surface area contributed by atoms with Crippen LogP contribution in [-0.2, 0) is 32.7 Å². The fraction of sp³-hybridized carbons (Fsp3) is 0.853. The predicted octanol–water partition coefficient (Wildman–Crippen LogP) is 7.77. The van der Waals surface area contributed by atoms with E-state index in [-0.39, 0.29) is 12.8 Å². The quantitative estimate of drug-likeness (QED) is 0.0233. The Kier molecular flexibility index (Phi) is 29.4. The lowest BCUT2D eigenvalue weighted by Crippen LogP contribution is -2.43. The maximum atomic E-state index is 12.1. The summed E-state index contributed by atoms with van der Waals surface area (Å²) in [7, 11) is -4.73. The monoisotopic (exact) mass is 677 g/mol. The van der Waals surface area contributed by atoms with Crippen LogP contribution in [0.5, 0.6) is 0 Å². The zero-order valence-corrected chi connectivity index (χ0v) is 29.5. The van der Waals surface area contributed by atoms with Gasteiger partial charge in [-0.3, -0.25) is 18.6 Å². The molecule has 0 aliphatic heterocycles. The third kappa shape index (κ3) is 29.6. The van der Waals surface area contributed by atoms with E-state index in [1.165, 1.54) is 70.6 Å². The molecule has 0 fully saturated rings. The number of aliphatic hydroxyl groups is 1. The summed E-state index contributed by atoms with van der Waals surface area (Å²) in [6.07, 6.45) is 26.2. The topological polar surface area (TPSA) is 169 Å². The minimum absolute atomic E-state index is 0.139. The van der Waals surface area contributed by atoms with E-state index in [9.17, 15) is 34.1 Å². The molecule has 12 heteroatoms. The van der Waals surface area contributed by atoms with Crippen molar-refractivity contribution in [2.45, 2.75) is 167 Å². The molecule has 0 aliphatic carbocycles. The average molecular weight is 678 g/mol. The van der Waals surface area contributed by atoms with Crippen molar-refractivity contribution in [2.24, 2.45) is 0 Å². The number of nitrogens with one attached hydrogen (secondary N) is 1. The van der Waals surface area contributed by atoms with Crippen molar-refractivity contribution in [1.82, 2.24) is 5.32 Å². The summed E-state index contributed by atoms with van der Waals surface area (Å²) in [5.74, 6) is -2.40. The van der Waals surface area contributed by atoms with Crippen molar-refractivity contribution in [3.05, 3.63) is 12.2 Å². The number of ether oxygens (including phenoxy) is 1. The normalized spacial score (nSPS) is 14.2. The van der Waals surface area contributed by atoms with E-state index >= 15 is 0 Å². The van der Waals surface area contributed by atoms with Crippen LogP contribution < -0.4 is 5.32 Å². The van der Waals surface area contributed by atoms with Crippen LogP contribution in [-0.4, -0.2) is 64.9 Å². The molecule has 0 aromatic heterocycles. The number of carbonyl (C=O) groups excluding carboxylic acids is 2. The number of aliphatic hydroxyl groups excluding tert-OH is 1. The molecule has 0 rings (SSSR count). The summed E-state index contributed by atoms with van der Waals surface area (Å²) in [6, 6.07) is -1.54.